The number of nitrogens with zero attached hydrogens (tertiary/aromatic N) is 1. The van der Waals surface area contributed by atoms with Gasteiger partial charge in [0.05, 0.1) is 0 Å². The van der Waals surface area contributed by atoms with E-state index in [1.165, 1.54) is 17.5 Å². The molecular weight excluding hydrogens is 232 g/mol. The van der Waals surface area contributed by atoms with Crippen LogP contribution in [0.15, 0.2) is 24.3 Å². The molecule has 1 aromatic rings. The number of hydrogen-bond donors (Lipinski definition) is 1. The van der Waals surface area contributed by atoms with Gasteiger partial charge in [0, 0.05) is 11.6 Å². The van der Waals surface area contributed by atoms with E-state index in [4.69, 9.17) is 5.73 Å². The van der Waals surface area contributed by atoms with Crippen LogP contribution in [0.3, 0.4) is 0 Å². The molecule has 0 saturated heterocycles. The lowest BCUT2D eigenvalue weighted by Gasteiger charge is -2.42. The predicted molar refractivity (Wildman–Crippen MR) is 84.4 cm³/mol. The summed E-state index contributed by atoms with van der Waals surface area (Å²) in [4.78, 5) is 2.43. The molecular formula is C17H30N2. The Hall–Kier alpha value is -0.860. The van der Waals surface area contributed by atoms with Crippen molar-refractivity contribution >= 4 is 0 Å². The van der Waals surface area contributed by atoms with Crippen molar-refractivity contribution in [3.63, 3.8) is 0 Å². The summed E-state index contributed by atoms with van der Waals surface area (Å²) in [6.07, 6.45) is 2.31. The Balaban J connectivity index is 2.97. The van der Waals surface area contributed by atoms with Crippen LogP contribution < -0.4 is 5.73 Å². The standard InChI is InChI=1S/C17H30N2/c1-6-10-14-11-9-12-15(13-14)16(18)17(4,5)19(7-2)8-3/h9,11-13,16H,6-8,10,18H2,1-5H3. The second-order valence-electron chi connectivity index (χ2n) is 5.80. The third-order valence-electron chi connectivity index (χ3n) is 4.19. The van der Waals surface area contributed by atoms with Crippen LogP contribution in [-0.2, 0) is 6.42 Å². The van der Waals surface area contributed by atoms with Crippen LogP contribution in [0.25, 0.3) is 0 Å². The summed E-state index contributed by atoms with van der Waals surface area (Å²) in [6.45, 7) is 13.2. The molecule has 1 unspecified atom stereocenters. The van der Waals surface area contributed by atoms with Crippen molar-refractivity contribution in [3.8, 4) is 0 Å². The summed E-state index contributed by atoms with van der Waals surface area (Å²) in [6, 6.07) is 8.82. The van der Waals surface area contributed by atoms with Gasteiger partial charge in [0.2, 0.25) is 0 Å². The number of likely N-dealkylation sites (N-methyl/N-ethyl adjacent to an activating group) is 1. The van der Waals surface area contributed by atoms with Gasteiger partial charge in [-0.05, 0) is 44.5 Å². The smallest absolute Gasteiger partial charge is 0.0476 e. The van der Waals surface area contributed by atoms with Crippen LogP contribution in [0, 0.1) is 0 Å². The normalized spacial score (nSPS) is 13.8. The van der Waals surface area contributed by atoms with Crippen molar-refractivity contribution in [1.82, 2.24) is 4.90 Å². The molecule has 0 amide bonds. The Labute approximate surface area is 119 Å². The first-order valence-electron chi connectivity index (χ1n) is 7.56. The molecule has 0 spiro atoms. The number of aryl methyl sites for hydroxylation is 1. The average Bonchev–Trinajstić information content (AvgIpc) is 2.39. The zero-order valence-electron chi connectivity index (χ0n) is 13.2. The summed E-state index contributed by atoms with van der Waals surface area (Å²) in [5, 5.41) is 0. The third kappa shape index (κ3) is 3.80. The fraction of sp³-hybridized carbons (Fsp3) is 0.647. The van der Waals surface area contributed by atoms with Gasteiger partial charge < -0.3 is 5.73 Å². The Morgan fingerprint density at radius 2 is 1.79 bits per heavy atom. The molecule has 0 aliphatic carbocycles. The van der Waals surface area contributed by atoms with Gasteiger partial charge in [-0.25, -0.2) is 0 Å². The van der Waals surface area contributed by atoms with Gasteiger partial charge in [-0.15, -0.1) is 0 Å². The highest BCUT2D eigenvalue weighted by atomic mass is 15.2. The molecule has 2 nitrogen and oxygen atoms in total. The molecule has 0 aliphatic heterocycles. The summed E-state index contributed by atoms with van der Waals surface area (Å²) >= 11 is 0. The lowest BCUT2D eigenvalue weighted by molar-refractivity contribution is 0.107. The highest BCUT2D eigenvalue weighted by Crippen LogP contribution is 2.29. The maximum Gasteiger partial charge on any atom is 0.0476 e. The predicted octanol–water partition coefficient (Wildman–Crippen LogP) is 3.76. The van der Waals surface area contributed by atoms with Crippen LogP contribution in [0.5, 0.6) is 0 Å². The Morgan fingerprint density at radius 3 is 2.32 bits per heavy atom. The van der Waals surface area contributed by atoms with Gasteiger partial charge in [-0.1, -0.05) is 51.5 Å². The second-order valence-corrected chi connectivity index (χ2v) is 5.80. The van der Waals surface area contributed by atoms with Gasteiger partial charge in [-0.2, -0.15) is 0 Å². The summed E-state index contributed by atoms with van der Waals surface area (Å²) in [5.74, 6) is 0. The molecule has 1 atom stereocenters. The van der Waals surface area contributed by atoms with E-state index in [0.717, 1.165) is 19.5 Å². The van der Waals surface area contributed by atoms with Crippen LogP contribution in [0.1, 0.15) is 58.2 Å². The van der Waals surface area contributed by atoms with E-state index < -0.39 is 0 Å². The number of hydrogen-bond acceptors (Lipinski definition) is 2. The van der Waals surface area contributed by atoms with Gasteiger partial charge in [0.25, 0.3) is 0 Å². The van der Waals surface area contributed by atoms with E-state index in [1.807, 2.05) is 0 Å². The second kappa shape index (κ2) is 7.06. The van der Waals surface area contributed by atoms with Crippen LogP contribution >= 0.6 is 0 Å². The third-order valence-corrected chi connectivity index (χ3v) is 4.19. The molecule has 2 N–H and O–H groups in total. The first-order chi connectivity index (χ1) is 8.97. The zero-order chi connectivity index (χ0) is 14.5. The molecule has 19 heavy (non-hydrogen) atoms. The van der Waals surface area contributed by atoms with Crippen molar-refractivity contribution in [2.75, 3.05) is 13.1 Å². The van der Waals surface area contributed by atoms with Crippen molar-refractivity contribution in [3.05, 3.63) is 35.4 Å². The molecule has 0 heterocycles. The van der Waals surface area contributed by atoms with Crippen molar-refractivity contribution < 1.29 is 0 Å². The Morgan fingerprint density at radius 1 is 1.16 bits per heavy atom. The lowest BCUT2D eigenvalue weighted by atomic mass is 9.86. The quantitative estimate of drug-likeness (QED) is 0.810. The minimum absolute atomic E-state index is 0.0195. The minimum atomic E-state index is -0.0195. The minimum Gasteiger partial charge on any atom is -0.322 e. The molecule has 0 bridgehead atoms. The van der Waals surface area contributed by atoms with Crippen LogP contribution in [0.4, 0.5) is 0 Å². The van der Waals surface area contributed by atoms with E-state index in [1.54, 1.807) is 0 Å². The maximum absolute atomic E-state index is 6.55. The molecule has 0 radical (unpaired) electrons. The van der Waals surface area contributed by atoms with E-state index in [0.29, 0.717) is 0 Å². The largest absolute Gasteiger partial charge is 0.322 e. The highest BCUT2D eigenvalue weighted by molar-refractivity contribution is 5.28. The molecule has 0 aromatic heterocycles. The van der Waals surface area contributed by atoms with Gasteiger partial charge in [0.1, 0.15) is 0 Å². The topological polar surface area (TPSA) is 29.3 Å². The monoisotopic (exact) mass is 262 g/mol. The molecule has 1 aromatic carbocycles. The number of benzene rings is 1. The molecule has 108 valence electrons. The summed E-state index contributed by atoms with van der Waals surface area (Å²) < 4.78 is 0. The fourth-order valence-corrected chi connectivity index (χ4v) is 2.87. The Kier molecular flexibility index (Phi) is 6.02. The molecule has 1 rings (SSSR count). The molecule has 0 saturated carbocycles. The fourth-order valence-electron chi connectivity index (χ4n) is 2.87. The number of nitrogens with two attached hydrogens (primary N) is 1. The maximum atomic E-state index is 6.55. The van der Waals surface area contributed by atoms with Gasteiger partial charge >= 0.3 is 0 Å². The van der Waals surface area contributed by atoms with Crippen molar-refractivity contribution in [1.29, 1.82) is 0 Å². The Bertz CT molecular complexity index is 381. The van der Waals surface area contributed by atoms with Crippen molar-refractivity contribution in [2.45, 2.75) is 59.0 Å². The average molecular weight is 262 g/mol. The van der Waals surface area contributed by atoms with Crippen LogP contribution in [-0.4, -0.2) is 23.5 Å². The van der Waals surface area contributed by atoms with Crippen molar-refractivity contribution in [2.24, 2.45) is 5.73 Å². The zero-order valence-corrected chi connectivity index (χ0v) is 13.2. The van der Waals surface area contributed by atoms with E-state index in [-0.39, 0.29) is 11.6 Å². The summed E-state index contributed by atoms with van der Waals surface area (Å²) in [7, 11) is 0. The first-order valence-corrected chi connectivity index (χ1v) is 7.56. The van der Waals surface area contributed by atoms with Gasteiger partial charge in [0.15, 0.2) is 0 Å². The summed E-state index contributed by atoms with van der Waals surface area (Å²) in [5.41, 5.74) is 9.18. The lowest BCUT2D eigenvalue weighted by Crippen LogP contribution is -2.51. The molecule has 2 heteroatoms. The van der Waals surface area contributed by atoms with E-state index in [2.05, 4.69) is 63.8 Å². The van der Waals surface area contributed by atoms with Gasteiger partial charge in [-0.3, -0.25) is 4.90 Å². The SMILES string of the molecule is CCCc1cccc(C(N)C(C)(C)N(CC)CC)c1. The van der Waals surface area contributed by atoms with E-state index in [9.17, 15) is 0 Å². The molecule has 0 fully saturated rings. The van der Waals surface area contributed by atoms with Crippen LogP contribution in [0.2, 0.25) is 0 Å². The first kappa shape index (κ1) is 16.2. The molecule has 0 aliphatic rings. The number of rotatable bonds is 7. The van der Waals surface area contributed by atoms with E-state index >= 15 is 0 Å². The highest BCUT2D eigenvalue weighted by Gasteiger charge is 2.32.